The summed E-state index contributed by atoms with van der Waals surface area (Å²) < 4.78 is 14.3. The number of nitrogens with zero attached hydrogens (tertiary/aromatic N) is 1. The lowest BCUT2D eigenvalue weighted by atomic mass is 10.2. The molecule has 0 bridgehead atoms. The summed E-state index contributed by atoms with van der Waals surface area (Å²) in [6, 6.07) is 40.4. The number of para-hydroxylation sites is 1. The first-order valence-corrected chi connectivity index (χ1v) is 11.5. The Kier molecular flexibility index (Phi) is 5.84. The van der Waals surface area contributed by atoms with Gasteiger partial charge in [0.2, 0.25) is 7.14 Å². The van der Waals surface area contributed by atoms with Crippen LogP contribution in [0.2, 0.25) is 0 Å². The molecule has 0 aliphatic rings. The van der Waals surface area contributed by atoms with E-state index in [0.29, 0.717) is 0 Å². The molecule has 0 atom stereocenters. The van der Waals surface area contributed by atoms with Gasteiger partial charge in [-0.25, -0.2) is 0 Å². The van der Waals surface area contributed by atoms with Gasteiger partial charge in [-0.15, -0.1) is 0 Å². The first-order valence-electron chi connectivity index (χ1n) is 9.83. The molecule has 0 saturated carbocycles. The standard InChI is InChI=1S/C27H22NOP/c1-23-12-11-15-25(22-23)28(24-13-5-2-6-14-24)20-21-30(29,26-16-7-3-8-17-26)27-18-9-4-10-19-27/h2-19,22H,1H3. The van der Waals surface area contributed by atoms with Gasteiger partial charge < -0.3 is 0 Å². The Morgan fingerprint density at radius 1 is 0.633 bits per heavy atom. The molecule has 3 heteroatoms. The summed E-state index contributed by atoms with van der Waals surface area (Å²) in [5.74, 6) is 0. The van der Waals surface area contributed by atoms with E-state index in [2.05, 4.69) is 30.8 Å². The Hall–Kier alpha value is -3.53. The van der Waals surface area contributed by atoms with Crippen molar-refractivity contribution in [2.45, 2.75) is 6.92 Å². The van der Waals surface area contributed by atoms with Crippen molar-refractivity contribution in [2.24, 2.45) is 0 Å². The maximum atomic E-state index is 14.3. The molecule has 4 aromatic carbocycles. The van der Waals surface area contributed by atoms with Crippen LogP contribution in [-0.2, 0) is 4.57 Å². The molecule has 0 aromatic heterocycles. The van der Waals surface area contributed by atoms with E-state index >= 15 is 0 Å². The van der Waals surface area contributed by atoms with Gasteiger partial charge in [0, 0.05) is 16.7 Å². The smallest absolute Gasteiger partial charge is 0.212 e. The van der Waals surface area contributed by atoms with Crippen LogP contribution in [0.3, 0.4) is 0 Å². The molecule has 0 amide bonds. The lowest BCUT2D eigenvalue weighted by Crippen LogP contribution is -2.16. The summed E-state index contributed by atoms with van der Waals surface area (Å²) >= 11 is 0. The molecular weight excluding hydrogens is 385 g/mol. The third-order valence-electron chi connectivity index (χ3n) is 4.83. The van der Waals surface area contributed by atoms with E-state index in [0.717, 1.165) is 27.5 Å². The van der Waals surface area contributed by atoms with Crippen molar-refractivity contribution in [1.29, 1.82) is 0 Å². The third kappa shape index (κ3) is 4.23. The highest BCUT2D eigenvalue weighted by molar-refractivity contribution is 7.83. The van der Waals surface area contributed by atoms with E-state index in [4.69, 9.17) is 0 Å². The fourth-order valence-electron chi connectivity index (χ4n) is 3.30. The fraction of sp³-hybridized carbons (Fsp3) is 0.0370. The highest BCUT2D eigenvalue weighted by Crippen LogP contribution is 2.42. The number of hydrogen-bond donors (Lipinski definition) is 0. The van der Waals surface area contributed by atoms with Crippen LogP contribution in [0.25, 0.3) is 0 Å². The van der Waals surface area contributed by atoms with Crippen LogP contribution >= 0.6 is 7.14 Å². The molecule has 0 aliphatic heterocycles. The van der Waals surface area contributed by atoms with E-state index in [-0.39, 0.29) is 0 Å². The van der Waals surface area contributed by atoms with Crippen LogP contribution in [0.1, 0.15) is 5.56 Å². The second-order valence-corrected chi connectivity index (χ2v) is 9.49. The van der Waals surface area contributed by atoms with E-state index in [1.54, 1.807) is 0 Å². The molecule has 0 fully saturated rings. The monoisotopic (exact) mass is 407 g/mol. The lowest BCUT2D eigenvalue weighted by molar-refractivity contribution is 0.593. The van der Waals surface area contributed by atoms with Crippen molar-refractivity contribution < 1.29 is 4.57 Å². The normalized spacial score (nSPS) is 10.7. The SMILES string of the molecule is Cc1cccc(N(C#CP(=O)(c2ccccc2)c2ccccc2)c2ccccc2)c1. The number of anilines is 2. The van der Waals surface area contributed by atoms with Gasteiger partial charge in [0.05, 0.1) is 11.4 Å². The largest absolute Gasteiger partial charge is 0.300 e. The molecule has 4 rings (SSSR count). The summed E-state index contributed by atoms with van der Waals surface area (Å²) in [7, 11) is -3.13. The lowest BCUT2D eigenvalue weighted by Gasteiger charge is -2.19. The summed E-state index contributed by atoms with van der Waals surface area (Å²) in [6.45, 7) is 2.05. The van der Waals surface area contributed by atoms with Crippen LogP contribution in [0, 0.1) is 18.6 Å². The van der Waals surface area contributed by atoms with Crippen molar-refractivity contribution in [3.8, 4) is 11.7 Å². The number of rotatable bonds is 4. The van der Waals surface area contributed by atoms with Crippen LogP contribution in [0.5, 0.6) is 0 Å². The van der Waals surface area contributed by atoms with Gasteiger partial charge in [0.25, 0.3) is 0 Å². The maximum Gasteiger partial charge on any atom is 0.212 e. The summed E-state index contributed by atoms with van der Waals surface area (Å²) in [5, 5.41) is 1.47. The zero-order chi connectivity index (χ0) is 20.8. The topological polar surface area (TPSA) is 20.3 Å². The first kappa shape index (κ1) is 19.8. The Morgan fingerprint density at radius 3 is 1.67 bits per heavy atom. The molecule has 0 spiro atoms. The zero-order valence-corrected chi connectivity index (χ0v) is 17.7. The minimum Gasteiger partial charge on any atom is -0.300 e. The van der Waals surface area contributed by atoms with Crippen LogP contribution < -0.4 is 15.5 Å². The fourth-order valence-corrected chi connectivity index (χ4v) is 5.28. The molecule has 146 valence electrons. The minimum absolute atomic E-state index is 0.737. The first-order chi connectivity index (χ1) is 14.7. The molecule has 0 unspecified atom stereocenters. The molecule has 0 aliphatic carbocycles. The molecule has 30 heavy (non-hydrogen) atoms. The molecule has 0 radical (unpaired) electrons. The molecule has 2 nitrogen and oxygen atoms in total. The Labute approximate surface area is 178 Å². The van der Waals surface area contributed by atoms with Crippen molar-refractivity contribution >= 4 is 29.1 Å². The third-order valence-corrected chi connectivity index (χ3v) is 7.30. The quantitative estimate of drug-likeness (QED) is 0.233. The number of aryl methyl sites for hydroxylation is 1. The number of benzene rings is 4. The molecule has 0 N–H and O–H groups in total. The predicted molar refractivity (Wildman–Crippen MR) is 127 cm³/mol. The molecule has 0 heterocycles. The van der Waals surface area contributed by atoms with Crippen LogP contribution in [0.15, 0.2) is 115 Å². The van der Waals surface area contributed by atoms with E-state index in [1.165, 1.54) is 0 Å². The van der Waals surface area contributed by atoms with Gasteiger partial charge in [-0.05, 0) is 42.4 Å². The van der Waals surface area contributed by atoms with Gasteiger partial charge in [-0.2, -0.15) is 0 Å². The average molecular weight is 407 g/mol. The van der Waals surface area contributed by atoms with Crippen molar-refractivity contribution in [3.63, 3.8) is 0 Å². The average Bonchev–Trinajstić information content (AvgIpc) is 2.81. The highest BCUT2D eigenvalue weighted by atomic mass is 31.2. The van der Waals surface area contributed by atoms with Crippen molar-refractivity contribution in [2.75, 3.05) is 4.90 Å². The van der Waals surface area contributed by atoms with Gasteiger partial charge >= 0.3 is 0 Å². The van der Waals surface area contributed by atoms with Gasteiger partial charge in [0.15, 0.2) is 0 Å². The van der Waals surface area contributed by atoms with Crippen molar-refractivity contribution in [1.82, 2.24) is 0 Å². The Bertz CT molecular complexity index is 1180. The van der Waals surface area contributed by atoms with E-state index < -0.39 is 7.14 Å². The van der Waals surface area contributed by atoms with Gasteiger partial charge in [0.1, 0.15) is 0 Å². The second kappa shape index (κ2) is 8.87. The van der Waals surface area contributed by atoms with Crippen LogP contribution in [-0.4, -0.2) is 0 Å². The van der Waals surface area contributed by atoms with Gasteiger partial charge in [-0.3, -0.25) is 9.46 Å². The van der Waals surface area contributed by atoms with Crippen molar-refractivity contribution in [3.05, 3.63) is 121 Å². The highest BCUT2D eigenvalue weighted by Gasteiger charge is 2.25. The Morgan fingerprint density at radius 2 is 1.13 bits per heavy atom. The van der Waals surface area contributed by atoms with E-state index in [9.17, 15) is 4.57 Å². The Balaban J connectivity index is 1.88. The molecule has 4 aromatic rings. The summed E-state index contributed by atoms with van der Waals surface area (Å²) in [5.41, 5.74) is 6.20. The van der Waals surface area contributed by atoms with E-state index in [1.807, 2.05) is 108 Å². The zero-order valence-electron chi connectivity index (χ0n) is 16.8. The summed E-state index contributed by atoms with van der Waals surface area (Å²) in [4.78, 5) is 1.91. The van der Waals surface area contributed by atoms with Crippen LogP contribution in [0.4, 0.5) is 11.4 Å². The number of hydrogen-bond acceptors (Lipinski definition) is 2. The second-order valence-electron chi connectivity index (χ2n) is 7.01. The molecule has 0 saturated heterocycles. The minimum atomic E-state index is -3.13. The maximum absolute atomic E-state index is 14.3. The van der Waals surface area contributed by atoms with Gasteiger partial charge in [-0.1, -0.05) is 91.0 Å². The predicted octanol–water partition coefficient (Wildman–Crippen LogP) is 6.07. The molecular formula is C27H22NOP. The summed E-state index contributed by atoms with van der Waals surface area (Å²) in [6.07, 6.45) is 0.